The number of aromatic nitrogens is 4. The molecule has 0 spiro atoms. The lowest BCUT2D eigenvalue weighted by Gasteiger charge is -2.09. The SMILES string of the molecule is CNc1nc(N)c2nc(CNc3ccc(P(=O)(O)O)cc3)cnc2n1. The minimum atomic E-state index is -4.24. The second-order valence-electron chi connectivity index (χ2n) is 5.16. The van der Waals surface area contributed by atoms with Gasteiger partial charge in [0.2, 0.25) is 5.95 Å². The molecule has 0 radical (unpaired) electrons. The first-order valence-corrected chi connectivity index (χ1v) is 8.85. The third kappa shape index (κ3) is 3.82. The van der Waals surface area contributed by atoms with Crippen molar-refractivity contribution in [2.45, 2.75) is 6.54 Å². The van der Waals surface area contributed by atoms with E-state index in [0.29, 0.717) is 35.0 Å². The summed E-state index contributed by atoms with van der Waals surface area (Å²) in [6.45, 7) is 0.353. The van der Waals surface area contributed by atoms with Crippen molar-refractivity contribution in [3.63, 3.8) is 0 Å². The van der Waals surface area contributed by atoms with Gasteiger partial charge in [0.05, 0.1) is 23.7 Å². The first-order chi connectivity index (χ1) is 11.9. The first kappa shape index (κ1) is 17.0. The van der Waals surface area contributed by atoms with Crippen LogP contribution in [-0.2, 0) is 11.1 Å². The second kappa shape index (κ2) is 6.60. The number of nitrogen functional groups attached to an aromatic ring is 1. The van der Waals surface area contributed by atoms with Crippen molar-refractivity contribution in [3.05, 3.63) is 36.2 Å². The van der Waals surface area contributed by atoms with E-state index in [1.807, 2.05) is 0 Å². The van der Waals surface area contributed by atoms with E-state index < -0.39 is 7.60 Å². The van der Waals surface area contributed by atoms with E-state index in [-0.39, 0.29) is 11.1 Å². The quantitative estimate of drug-likeness (QED) is 0.404. The summed E-state index contributed by atoms with van der Waals surface area (Å²) in [6.07, 6.45) is 1.57. The fraction of sp³-hybridized carbons (Fsp3) is 0.143. The topological polar surface area (TPSA) is 159 Å². The zero-order chi connectivity index (χ0) is 18.0. The minimum Gasteiger partial charge on any atom is -0.382 e. The Morgan fingerprint density at radius 1 is 1.16 bits per heavy atom. The molecule has 0 atom stereocenters. The largest absolute Gasteiger partial charge is 0.382 e. The number of fused-ring (bicyclic) bond motifs is 1. The van der Waals surface area contributed by atoms with E-state index in [2.05, 4.69) is 30.6 Å². The van der Waals surface area contributed by atoms with Crippen LogP contribution in [0.1, 0.15) is 5.69 Å². The van der Waals surface area contributed by atoms with Crippen LogP contribution in [0.25, 0.3) is 11.2 Å². The highest BCUT2D eigenvalue weighted by Gasteiger charge is 2.16. The molecule has 11 heteroatoms. The Hall–Kier alpha value is -2.81. The van der Waals surface area contributed by atoms with E-state index in [4.69, 9.17) is 15.5 Å². The molecule has 0 aliphatic rings. The van der Waals surface area contributed by atoms with E-state index in [1.165, 1.54) is 12.1 Å². The van der Waals surface area contributed by atoms with Crippen molar-refractivity contribution >= 4 is 41.5 Å². The molecule has 25 heavy (non-hydrogen) atoms. The molecule has 0 saturated heterocycles. The van der Waals surface area contributed by atoms with Crippen molar-refractivity contribution in [1.82, 2.24) is 19.9 Å². The van der Waals surface area contributed by atoms with Crippen LogP contribution < -0.4 is 21.7 Å². The van der Waals surface area contributed by atoms with Crippen LogP contribution in [0.4, 0.5) is 17.5 Å². The van der Waals surface area contributed by atoms with Crippen LogP contribution in [-0.4, -0.2) is 36.8 Å². The monoisotopic (exact) mass is 361 g/mol. The molecule has 0 unspecified atom stereocenters. The molecule has 10 nitrogen and oxygen atoms in total. The van der Waals surface area contributed by atoms with Crippen molar-refractivity contribution in [2.75, 3.05) is 23.4 Å². The summed E-state index contributed by atoms with van der Waals surface area (Å²) in [5.41, 5.74) is 8.00. The Bertz CT molecular complexity index is 959. The summed E-state index contributed by atoms with van der Waals surface area (Å²) < 4.78 is 11.2. The van der Waals surface area contributed by atoms with Gasteiger partial charge in [0.1, 0.15) is 0 Å². The first-order valence-electron chi connectivity index (χ1n) is 7.24. The van der Waals surface area contributed by atoms with Crippen LogP contribution in [0.3, 0.4) is 0 Å². The van der Waals surface area contributed by atoms with Crippen molar-refractivity contribution < 1.29 is 14.4 Å². The van der Waals surface area contributed by atoms with Gasteiger partial charge >= 0.3 is 7.60 Å². The second-order valence-corrected chi connectivity index (χ2v) is 6.76. The summed E-state index contributed by atoms with van der Waals surface area (Å²) in [7, 11) is -2.55. The van der Waals surface area contributed by atoms with Gasteiger partial charge in [-0.3, -0.25) is 4.57 Å². The smallest absolute Gasteiger partial charge is 0.356 e. The summed E-state index contributed by atoms with van der Waals surface area (Å²) in [6, 6.07) is 5.92. The maximum absolute atomic E-state index is 11.2. The molecule has 3 rings (SSSR count). The van der Waals surface area contributed by atoms with Gasteiger partial charge in [0, 0.05) is 12.7 Å². The summed E-state index contributed by atoms with van der Waals surface area (Å²) in [4.78, 5) is 35.1. The van der Waals surface area contributed by atoms with E-state index >= 15 is 0 Å². The van der Waals surface area contributed by atoms with Gasteiger partial charge in [0.15, 0.2) is 17.0 Å². The number of hydrogen-bond donors (Lipinski definition) is 5. The van der Waals surface area contributed by atoms with Gasteiger partial charge < -0.3 is 26.2 Å². The number of benzene rings is 1. The van der Waals surface area contributed by atoms with Crippen LogP contribution in [0.5, 0.6) is 0 Å². The van der Waals surface area contributed by atoms with Gasteiger partial charge in [0.25, 0.3) is 0 Å². The predicted octanol–water partition coefficient (Wildman–Crippen LogP) is 0.459. The molecule has 0 saturated carbocycles. The van der Waals surface area contributed by atoms with Crippen LogP contribution in [0.15, 0.2) is 30.5 Å². The molecule has 6 N–H and O–H groups in total. The molecule has 2 heterocycles. The number of nitrogens with two attached hydrogens (primary N) is 1. The highest BCUT2D eigenvalue weighted by atomic mass is 31.2. The Labute approximate surface area is 142 Å². The molecule has 3 aromatic rings. The maximum atomic E-state index is 11.2. The summed E-state index contributed by atoms with van der Waals surface area (Å²) >= 11 is 0. The molecule has 0 fully saturated rings. The summed E-state index contributed by atoms with van der Waals surface area (Å²) in [5.74, 6) is 0.602. The lowest BCUT2D eigenvalue weighted by atomic mass is 10.3. The molecule has 2 aromatic heterocycles. The molecule has 0 bridgehead atoms. The lowest BCUT2D eigenvalue weighted by Crippen LogP contribution is -2.08. The Kier molecular flexibility index (Phi) is 4.49. The number of nitrogens with zero attached hydrogens (tertiary/aromatic N) is 4. The number of rotatable bonds is 5. The van der Waals surface area contributed by atoms with Gasteiger partial charge in [-0.1, -0.05) is 0 Å². The molecule has 0 amide bonds. The minimum absolute atomic E-state index is 0.0335. The zero-order valence-corrected chi connectivity index (χ0v) is 14.1. The van der Waals surface area contributed by atoms with E-state index in [9.17, 15) is 4.57 Å². The highest BCUT2D eigenvalue weighted by Crippen LogP contribution is 2.33. The summed E-state index contributed by atoms with van der Waals surface area (Å²) in [5, 5.41) is 5.86. The lowest BCUT2D eigenvalue weighted by molar-refractivity contribution is 0.387. The molecule has 0 aliphatic carbocycles. The highest BCUT2D eigenvalue weighted by molar-refractivity contribution is 7.60. The Morgan fingerprint density at radius 2 is 1.88 bits per heavy atom. The number of nitrogens with one attached hydrogen (secondary N) is 2. The van der Waals surface area contributed by atoms with Crippen LogP contribution in [0.2, 0.25) is 0 Å². The van der Waals surface area contributed by atoms with Gasteiger partial charge in [-0.2, -0.15) is 9.97 Å². The van der Waals surface area contributed by atoms with E-state index in [0.717, 1.165) is 0 Å². The van der Waals surface area contributed by atoms with Crippen molar-refractivity contribution in [3.8, 4) is 0 Å². The van der Waals surface area contributed by atoms with Crippen LogP contribution >= 0.6 is 7.60 Å². The zero-order valence-electron chi connectivity index (χ0n) is 13.2. The standard InChI is InChI=1S/C14H16N7O3P/c1-16-14-20-12(15)11-13(21-14)18-7-9(19-11)6-17-8-2-4-10(5-3-8)25(22,23)24/h2-5,7,17H,6H2,1H3,(H2,22,23,24)(H3,15,16,18,20,21). The van der Waals surface area contributed by atoms with E-state index in [1.54, 1.807) is 25.4 Å². The maximum Gasteiger partial charge on any atom is 0.356 e. The number of hydrogen-bond acceptors (Lipinski definition) is 8. The molecule has 1 aromatic carbocycles. The van der Waals surface area contributed by atoms with Gasteiger partial charge in [-0.05, 0) is 24.3 Å². The van der Waals surface area contributed by atoms with Crippen molar-refractivity contribution in [1.29, 1.82) is 0 Å². The van der Waals surface area contributed by atoms with Gasteiger partial charge in [-0.15, -0.1) is 0 Å². The normalized spacial score (nSPS) is 11.5. The Morgan fingerprint density at radius 3 is 2.52 bits per heavy atom. The molecular formula is C14H16N7O3P. The fourth-order valence-corrected chi connectivity index (χ4v) is 2.67. The average Bonchev–Trinajstić information content (AvgIpc) is 2.59. The third-order valence-electron chi connectivity index (χ3n) is 3.38. The average molecular weight is 361 g/mol. The third-order valence-corrected chi connectivity index (χ3v) is 4.36. The number of anilines is 3. The van der Waals surface area contributed by atoms with Crippen molar-refractivity contribution in [2.24, 2.45) is 0 Å². The predicted molar refractivity (Wildman–Crippen MR) is 94.5 cm³/mol. The van der Waals surface area contributed by atoms with Gasteiger partial charge in [-0.25, -0.2) is 9.97 Å². The molecule has 0 aliphatic heterocycles. The molecule has 130 valence electrons. The Balaban J connectivity index is 1.77. The fourth-order valence-electron chi connectivity index (χ4n) is 2.13. The molecular weight excluding hydrogens is 345 g/mol. The van der Waals surface area contributed by atoms with Crippen LogP contribution in [0, 0.1) is 0 Å².